The van der Waals surface area contributed by atoms with Gasteiger partial charge in [-0.1, -0.05) is 28.1 Å². The van der Waals surface area contributed by atoms with E-state index in [4.69, 9.17) is 4.42 Å². The summed E-state index contributed by atoms with van der Waals surface area (Å²) in [4.78, 5) is 24.0. The molecule has 6 heteroatoms. The Balaban J connectivity index is 1.82. The first-order valence-corrected chi connectivity index (χ1v) is 8.13. The first-order chi connectivity index (χ1) is 11.0. The van der Waals surface area contributed by atoms with Gasteiger partial charge in [-0.05, 0) is 44.0 Å². The van der Waals surface area contributed by atoms with Crippen LogP contribution in [-0.2, 0) is 11.2 Å². The molecule has 0 radical (unpaired) electrons. The van der Waals surface area contributed by atoms with Gasteiger partial charge in [0.2, 0.25) is 5.91 Å². The van der Waals surface area contributed by atoms with Gasteiger partial charge in [-0.15, -0.1) is 0 Å². The molecular formula is C17H19BrN2O3. The predicted octanol–water partition coefficient (Wildman–Crippen LogP) is 2.91. The van der Waals surface area contributed by atoms with Gasteiger partial charge in [0, 0.05) is 10.5 Å². The lowest BCUT2D eigenvalue weighted by molar-refractivity contribution is -0.123. The molecule has 0 fully saturated rings. The van der Waals surface area contributed by atoms with Gasteiger partial charge < -0.3 is 15.1 Å². The number of furan rings is 1. The second-order valence-corrected chi connectivity index (χ2v) is 6.36. The summed E-state index contributed by atoms with van der Waals surface area (Å²) in [5.74, 6) is -0.548. The molecule has 23 heavy (non-hydrogen) atoms. The van der Waals surface area contributed by atoms with Crippen molar-refractivity contribution in [3.8, 4) is 0 Å². The maximum absolute atomic E-state index is 12.1. The molecule has 0 aliphatic heterocycles. The molecule has 1 aromatic heterocycles. The summed E-state index contributed by atoms with van der Waals surface area (Å²) in [6.45, 7) is 3.59. The molecule has 1 heterocycles. The van der Waals surface area contributed by atoms with Crippen molar-refractivity contribution in [2.24, 2.45) is 0 Å². The van der Waals surface area contributed by atoms with Crippen molar-refractivity contribution < 1.29 is 14.0 Å². The van der Waals surface area contributed by atoms with Gasteiger partial charge in [0.25, 0.3) is 5.91 Å². The molecule has 0 aliphatic carbocycles. The summed E-state index contributed by atoms with van der Waals surface area (Å²) in [5.41, 5.74) is 1.53. The van der Waals surface area contributed by atoms with Gasteiger partial charge in [-0.2, -0.15) is 0 Å². The molecule has 1 aromatic carbocycles. The van der Waals surface area contributed by atoms with Gasteiger partial charge in [-0.25, -0.2) is 0 Å². The summed E-state index contributed by atoms with van der Waals surface area (Å²) < 4.78 is 5.87. The highest BCUT2D eigenvalue weighted by Gasteiger charge is 2.18. The van der Waals surface area contributed by atoms with E-state index in [-0.39, 0.29) is 17.9 Å². The van der Waals surface area contributed by atoms with Crippen LogP contribution in [0, 0.1) is 0 Å². The Labute approximate surface area is 143 Å². The molecule has 0 bridgehead atoms. The fraction of sp³-hybridized carbons (Fsp3) is 0.294. The third kappa shape index (κ3) is 5.25. The fourth-order valence-electron chi connectivity index (χ4n) is 2.13. The van der Waals surface area contributed by atoms with Crippen molar-refractivity contribution in [3.63, 3.8) is 0 Å². The SMILES string of the molecule is CC(Cc1ccc(Br)cc1)NC(=O)C(C)NC(=O)c1ccoc1. The van der Waals surface area contributed by atoms with Crippen molar-refractivity contribution in [2.75, 3.05) is 0 Å². The van der Waals surface area contributed by atoms with Crippen LogP contribution in [0.25, 0.3) is 0 Å². The van der Waals surface area contributed by atoms with E-state index in [9.17, 15) is 9.59 Å². The van der Waals surface area contributed by atoms with E-state index in [0.717, 1.165) is 16.5 Å². The van der Waals surface area contributed by atoms with Crippen LogP contribution in [0.2, 0.25) is 0 Å². The summed E-state index contributed by atoms with van der Waals surface area (Å²) in [5, 5.41) is 5.55. The molecule has 2 unspecified atom stereocenters. The number of halogens is 1. The highest BCUT2D eigenvalue weighted by Crippen LogP contribution is 2.12. The smallest absolute Gasteiger partial charge is 0.255 e. The topological polar surface area (TPSA) is 71.3 Å². The Morgan fingerprint density at radius 2 is 1.83 bits per heavy atom. The fourth-order valence-corrected chi connectivity index (χ4v) is 2.40. The molecule has 2 atom stereocenters. The monoisotopic (exact) mass is 378 g/mol. The first kappa shape index (κ1) is 17.3. The summed E-state index contributed by atoms with van der Waals surface area (Å²) >= 11 is 3.39. The molecule has 0 aliphatic rings. The van der Waals surface area contributed by atoms with Crippen LogP contribution in [-0.4, -0.2) is 23.9 Å². The number of benzene rings is 1. The molecule has 0 saturated carbocycles. The Kier molecular flexibility index (Phi) is 5.98. The standard InChI is InChI=1S/C17H19BrN2O3/c1-11(9-13-3-5-15(18)6-4-13)19-16(21)12(2)20-17(22)14-7-8-23-10-14/h3-8,10-12H,9H2,1-2H3,(H,19,21)(H,20,22). The normalized spacial score (nSPS) is 13.2. The maximum Gasteiger partial charge on any atom is 0.255 e. The molecule has 5 nitrogen and oxygen atoms in total. The minimum Gasteiger partial charge on any atom is -0.472 e. The lowest BCUT2D eigenvalue weighted by atomic mass is 10.1. The second-order valence-electron chi connectivity index (χ2n) is 5.45. The Morgan fingerprint density at radius 3 is 2.43 bits per heavy atom. The summed E-state index contributed by atoms with van der Waals surface area (Å²) in [6.07, 6.45) is 3.48. The van der Waals surface area contributed by atoms with Gasteiger partial charge in [-0.3, -0.25) is 9.59 Å². The number of carbonyl (C=O) groups is 2. The van der Waals surface area contributed by atoms with Crippen LogP contribution in [0.4, 0.5) is 0 Å². The van der Waals surface area contributed by atoms with E-state index >= 15 is 0 Å². The van der Waals surface area contributed by atoms with Gasteiger partial charge in [0.15, 0.2) is 0 Å². The van der Waals surface area contributed by atoms with E-state index in [1.54, 1.807) is 13.0 Å². The molecule has 2 N–H and O–H groups in total. The number of nitrogens with one attached hydrogen (secondary N) is 2. The maximum atomic E-state index is 12.1. The van der Waals surface area contributed by atoms with Gasteiger partial charge >= 0.3 is 0 Å². The molecular weight excluding hydrogens is 360 g/mol. The van der Waals surface area contributed by atoms with Crippen molar-refractivity contribution in [3.05, 3.63) is 58.5 Å². The van der Waals surface area contributed by atoms with Crippen molar-refractivity contribution in [1.29, 1.82) is 0 Å². The van der Waals surface area contributed by atoms with Crippen LogP contribution < -0.4 is 10.6 Å². The minimum atomic E-state index is -0.621. The summed E-state index contributed by atoms with van der Waals surface area (Å²) in [7, 11) is 0. The lowest BCUT2D eigenvalue weighted by Crippen LogP contribution is -2.47. The average Bonchev–Trinajstić information content (AvgIpc) is 3.03. The van der Waals surface area contributed by atoms with Crippen molar-refractivity contribution in [2.45, 2.75) is 32.4 Å². The zero-order chi connectivity index (χ0) is 16.8. The summed E-state index contributed by atoms with van der Waals surface area (Å²) in [6, 6.07) is 8.86. The number of carbonyl (C=O) groups excluding carboxylic acids is 2. The number of rotatable bonds is 6. The van der Waals surface area contributed by atoms with E-state index in [2.05, 4.69) is 26.6 Å². The van der Waals surface area contributed by atoms with Gasteiger partial charge in [0.05, 0.1) is 11.8 Å². The minimum absolute atomic E-state index is 0.0306. The highest BCUT2D eigenvalue weighted by molar-refractivity contribution is 9.10. The van der Waals surface area contributed by atoms with Crippen LogP contribution >= 0.6 is 15.9 Å². The Morgan fingerprint density at radius 1 is 1.13 bits per heavy atom. The molecule has 2 rings (SSSR count). The Hall–Kier alpha value is -2.08. The van der Waals surface area contributed by atoms with Crippen molar-refractivity contribution >= 4 is 27.7 Å². The van der Waals surface area contributed by atoms with E-state index in [0.29, 0.717) is 5.56 Å². The molecule has 0 saturated heterocycles. The molecule has 0 spiro atoms. The predicted molar refractivity (Wildman–Crippen MR) is 91.1 cm³/mol. The first-order valence-electron chi connectivity index (χ1n) is 7.33. The zero-order valence-corrected chi connectivity index (χ0v) is 14.6. The van der Waals surface area contributed by atoms with Crippen molar-refractivity contribution in [1.82, 2.24) is 10.6 Å². The largest absolute Gasteiger partial charge is 0.472 e. The third-order valence-corrected chi connectivity index (χ3v) is 3.90. The quantitative estimate of drug-likeness (QED) is 0.811. The number of amides is 2. The number of hydrogen-bond acceptors (Lipinski definition) is 3. The highest BCUT2D eigenvalue weighted by atomic mass is 79.9. The zero-order valence-electron chi connectivity index (χ0n) is 13.0. The van der Waals surface area contributed by atoms with Crippen LogP contribution in [0.1, 0.15) is 29.8 Å². The molecule has 122 valence electrons. The lowest BCUT2D eigenvalue weighted by Gasteiger charge is -2.18. The average molecular weight is 379 g/mol. The Bertz CT molecular complexity index is 653. The van der Waals surface area contributed by atoms with Crippen LogP contribution in [0.3, 0.4) is 0 Å². The third-order valence-electron chi connectivity index (χ3n) is 3.37. The van der Waals surface area contributed by atoms with E-state index < -0.39 is 6.04 Å². The van der Waals surface area contributed by atoms with Crippen LogP contribution in [0.5, 0.6) is 0 Å². The van der Waals surface area contributed by atoms with E-state index in [1.165, 1.54) is 12.5 Å². The van der Waals surface area contributed by atoms with E-state index in [1.807, 2.05) is 31.2 Å². The van der Waals surface area contributed by atoms with Gasteiger partial charge in [0.1, 0.15) is 12.3 Å². The molecule has 2 amide bonds. The number of hydrogen-bond donors (Lipinski definition) is 2. The van der Waals surface area contributed by atoms with Crippen LogP contribution in [0.15, 0.2) is 51.7 Å². The second kappa shape index (κ2) is 7.97. The molecule has 2 aromatic rings.